The summed E-state index contributed by atoms with van der Waals surface area (Å²) in [5, 5.41) is 2.57. The van der Waals surface area contributed by atoms with Crippen LogP contribution in [0.3, 0.4) is 0 Å². The molecule has 37 heavy (non-hydrogen) atoms. The van der Waals surface area contributed by atoms with Crippen molar-refractivity contribution in [3.8, 4) is 11.1 Å². The number of carbonyl (C=O) groups excluding carboxylic acids is 3. The molecule has 3 aromatic carbocycles. The zero-order chi connectivity index (χ0) is 26.0. The minimum Gasteiger partial charge on any atom is -0.461 e. The number of hydrogen-bond donors (Lipinski definition) is 1. The second-order valence-corrected chi connectivity index (χ2v) is 8.63. The topological polar surface area (TPSA) is 90.9 Å². The third-order valence-electron chi connectivity index (χ3n) is 6.14. The standard InChI is InChI=1S/C30H29NO6/c1-2-18-35-28(32)17-16-27(29(33)36-19-21-10-4-3-5-11-21)31-30(34)37-20-26-24-14-8-6-12-22(24)23-13-7-9-15-25(23)26/h2-15,26-27H,1,16-20H2,(H,31,34). The maximum Gasteiger partial charge on any atom is 0.407 e. The van der Waals surface area contributed by atoms with Crippen molar-refractivity contribution in [1.29, 1.82) is 0 Å². The van der Waals surface area contributed by atoms with E-state index in [1.54, 1.807) is 0 Å². The number of fused-ring (bicyclic) bond motifs is 3. The molecule has 1 atom stereocenters. The first-order chi connectivity index (χ1) is 18.1. The summed E-state index contributed by atoms with van der Waals surface area (Å²) in [5.74, 6) is -1.28. The van der Waals surface area contributed by atoms with E-state index in [1.165, 1.54) is 6.08 Å². The van der Waals surface area contributed by atoms with Gasteiger partial charge in [0.1, 0.15) is 25.9 Å². The van der Waals surface area contributed by atoms with E-state index in [1.807, 2.05) is 66.7 Å². The van der Waals surface area contributed by atoms with Crippen LogP contribution in [0.5, 0.6) is 0 Å². The minimum absolute atomic E-state index is 0.00773. The summed E-state index contributed by atoms with van der Waals surface area (Å²) >= 11 is 0. The lowest BCUT2D eigenvalue weighted by molar-refractivity contribution is -0.148. The average Bonchev–Trinajstić information content (AvgIpc) is 3.25. The highest BCUT2D eigenvalue weighted by Gasteiger charge is 2.30. The number of alkyl carbamates (subject to hydrolysis) is 1. The fraction of sp³-hybridized carbons (Fsp3) is 0.233. The Kier molecular flexibility index (Phi) is 8.70. The van der Waals surface area contributed by atoms with Crippen LogP contribution in [0.25, 0.3) is 11.1 Å². The molecule has 0 fully saturated rings. The molecular formula is C30H29NO6. The highest BCUT2D eigenvalue weighted by atomic mass is 16.6. The summed E-state index contributed by atoms with van der Waals surface area (Å²) < 4.78 is 15.9. The van der Waals surface area contributed by atoms with Gasteiger partial charge in [-0.15, -0.1) is 0 Å². The fourth-order valence-electron chi connectivity index (χ4n) is 4.35. The van der Waals surface area contributed by atoms with Crippen molar-refractivity contribution in [1.82, 2.24) is 5.32 Å². The van der Waals surface area contributed by atoms with Crippen molar-refractivity contribution in [3.63, 3.8) is 0 Å². The van der Waals surface area contributed by atoms with E-state index in [-0.39, 0.29) is 38.6 Å². The van der Waals surface area contributed by atoms with E-state index >= 15 is 0 Å². The summed E-state index contributed by atoms with van der Waals surface area (Å²) in [6, 6.07) is 24.2. The molecule has 190 valence electrons. The molecule has 0 saturated heterocycles. The maximum absolute atomic E-state index is 12.8. The number of esters is 2. The van der Waals surface area contributed by atoms with E-state index in [9.17, 15) is 14.4 Å². The molecule has 1 amide bonds. The SMILES string of the molecule is C=CCOC(=O)CCC(NC(=O)OCC1c2ccccc2-c2ccccc21)C(=O)OCc1ccccc1. The van der Waals surface area contributed by atoms with Crippen molar-refractivity contribution in [2.45, 2.75) is 31.4 Å². The molecule has 7 nitrogen and oxygen atoms in total. The molecule has 0 aliphatic heterocycles. The molecule has 0 bridgehead atoms. The summed E-state index contributed by atoms with van der Waals surface area (Å²) in [7, 11) is 0. The smallest absolute Gasteiger partial charge is 0.407 e. The van der Waals surface area contributed by atoms with Gasteiger partial charge in [0.2, 0.25) is 0 Å². The molecule has 7 heteroatoms. The molecule has 4 rings (SSSR count). The number of ether oxygens (including phenoxy) is 3. The van der Waals surface area contributed by atoms with E-state index < -0.39 is 24.1 Å². The Morgan fingerprint density at radius 3 is 2.11 bits per heavy atom. The van der Waals surface area contributed by atoms with Gasteiger partial charge in [-0.05, 0) is 34.2 Å². The van der Waals surface area contributed by atoms with Crippen LogP contribution in [0.1, 0.15) is 35.4 Å². The number of benzene rings is 3. The Labute approximate surface area is 216 Å². The molecule has 1 unspecified atom stereocenters. The molecule has 0 radical (unpaired) electrons. The Morgan fingerprint density at radius 1 is 0.838 bits per heavy atom. The third kappa shape index (κ3) is 6.64. The first kappa shape index (κ1) is 25.7. The quantitative estimate of drug-likeness (QED) is 0.223. The number of carbonyl (C=O) groups is 3. The zero-order valence-electron chi connectivity index (χ0n) is 20.4. The second-order valence-electron chi connectivity index (χ2n) is 8.63. The highest BCUT2D eigenvalue weighted by Crippen LogP contribution is 2.44. The third-order valence-corrected chi connectivity index (χ3v) is 6.14. The van der Waals surface area contributed by atoms with Crippen LogP contribution in [0, 0.1) is 0 Å². The van der Waals surface area contributed by atoms with Gasteiger partial charge in [-0.2, -0.15) is 0 Å². The summed E-state index contributed by atoms with van der Waals surface area (Å²) in [4.78, 5) is 37.5. The first-order valence-corrected chi connectivity index (χ1v) is 12.2. The van der Waals surface area contributed by atoms with Crippen LogP contribution in [-0.2, 0) is 30.4 Å². The van der Waals surface area contributed by atoms with E-state index in [2.05, 4.69) is 24.0 Å². The van der Waals surface area contributed by atoms with Gasteiger partial charge in [0, 0.05) is 12.3 Å². The van der Waals surface area contributed by atoms with Crippen LogP contribution in [0.2, 0.25) is 0 Å². The van der Waals surface area contributed by atoms with Crippen molar-refractivity contribution in [2.24, 2.45) is 0 Å². The average molecular weight is 500 g/mol. The lowest BCUT2D eigenvalue weighted by Gasteiger charge is -2.19. The number of amides is 1. The van der Waals surface area contributed by atoms with E-state index in [4.69, 9.17) is 14.2 Å². The fourth-order valence-corrected chi connectivity index (χ4v) is 4.35. The Balaban J connectivity index is 1.38. The molecule has 1 N–H and O–H groups in total. The van der Waals surface area contributed by atoms with Crippen LogP contribution >= 0.6 is 0 Å². The van der Waals surface area contributed by atoms with Gasteiger partial charge in [-0.3, -0.25) is 4.79 Å². The minimum atomic E-state index is -1.07. The van der Waals surface area contributed by atoms with Gasteiger partial charge >= 0.3 is 18.0 Å². The molecule has 1 aliphatic carbocycles. The number of hydrogen-bond acceptors (Lipinski definition) is 6. The van der Waals surface area contributed by atoms with Gasteiger partial charge in [0.05, 0.1) is 0 Å². The number of rotatable bonds is 11. The van der Waals surface area contributed by atoms with Gasteiger partial charge in [-0.1, -0.05) is 91.5 Å². The second kappa shape index (κ2) is 12.5. The van der Waals surface area contributed by atoms with Crippen molar-refractivity contribution >= 4 is 18.0 Å². The molecule has 0 aromatic heterocycles. The maximum atomic E-state index is 12.8. The van der Waals surface area contributed by atoms with Gasteiger partial charge in [0.25, 0.3) is 0 Å². The Morgan fingerprint density at radius 2 is 1.46 bits per heavy atom. The lowest BCUT2D eigenvalue weighted by Crippen LogP contribution is -2.42. The zero-order valence-corrected chi connectivity index (χ0v) is 20.4. The largest absolute Gasteiger partial charge is 0.461 e. The molecular weight excluding hydrogens is 470 g/mol. The molecule has 0 spiro atoms. The van der Waals surface area contributed by atoms with Crippen LogP contribution in [0.15, 0.2) is 91.5 Å². The van der Waals surface area contributed by atoms with Gasteiger partial charge < -0.3 is 19.5 Å². The lowest BCUT2D eigenvalue weighted by atomic mass is 9.98. The molecule has 0 heterocycles. The van der Waals surface area contributed by atoms with E-state index in [0.717, 1.165) is 27.8 Å². The van der Waals surface area contributed by atoms with E-state index in [0.29, 0.717) is 0 Å². The van der Waals surface area contributed by atoms with Crippen molar-refractivity contribution in [2.75, 3.05) is 13.2 Å². The normalized spacial score (nSPS) is 12.5. The molecule has 0 saturated carbocycles. The first-order valence-electron chi connectivity index (χ1n) is 12.2. The summed E-state index contributed by atoms with van der Waals surface area (Å²) in [6.07, 6.45) is 0.623. The van der Waals surface area contributed by atoms with Crippen LogP contribution in [0.4, 0.5) is 4.79 Å². The Bertz CT molecular complexity index is 1210. The summed E-state index contributed by atoms with van der Waals surface area (Å²) in [6.45, 7) is 3.73. The van der Waals surface area contributed by atoms with Crippen LogP contribution in [-0.4, -0.2) is 37.3 Å². The predicted molar refractivity (Wildman–Crippen MR) is 139 cm³/mol. The monoisotopic (exact) mass is 499 g/mol. The summed E-state index contributed by atoms with van der Waals surface area (Å²) in [5.41, 5.74) is 5.21. The molecule has 1 aliphatic rings. The van der Waals surface area contributed by atoms with Crippen molar-refractivity contribution < 1.29 is 28.6 Å². The highest BCUT2D eigenvalue weighted by molar-refractivity contribution is 5.82. The number of nitrogens with one attached hydrogen (secondary N) is 1. The van der Waals surface area contributed by atoms with Crippen LogP contribution < -0.4 is 5.32 Å². The van der Waals surface area contributed by atoms with Crippen molar-refractivity contribution in [3.05, 3.63) is 108 Å². The Hall–Kier alpha value is -4.39. The van der Waals surface area contributed by atoms with Gasteiger partial charge in [-0.25, -0.2) is 9.59 Å². The predicted octanol–water partition coefficient (Wildman–Crippen LogP) is 5.15. The molecule has 3 aromatic rings. The van der Waals surface area contributed by atoms with Gasteiger partial charge in [0.15, 0.2) is 0 Å².